The van der Waals surface area contributed by atoms with Crippen molar-refractivity contribution >= 4 is 23.1 Å². The van der Waals surface area contributed by atoms with E-state index < -0.39 is 0 Å². The number of benzene rings is 1. The van der Waals surface area contributed by atoms with Crippen LogP contribution in [0.1, 0.15) is 33.4 Å². The molecule has 1 aromatic carbocycles. The van der Waals surface area contributed by atoms with Crippen molar-refractivity contribution in [1.29, 1.82) is 0 Å². The van der Waals surface area contributed by atoms with Gasteiger partial charge in [-0.05, 0) is 41.6 Å². The molecule has 0 fully saturated rings. The topological polar surface area (TPSA) is 72.1 Å². The van der Waals surface area contributed by atoms with Gasteiger partial charge < -0.3 is 10.6 Å². The van der Waals surface area contributed by atoms with Crippen LogP contribution < -0.4 is 5.73 Å². The van der Waals surface area contributed by atoms with Crippen LogP contribution in [0.15, 0.2) is 18.2 Å². The lowest BCUT2D eigenvalue weighted by molar-refractivity contribution is 0.0739. The van der Waals surface area contributed by atoms with E-state index in [1.807, 2.05) is 24.0 Å². The number of amides is 1. The van der Waals surface area contributed by atoms with Crippen LogP contribution in [0.25, 0.3) is 0 Å². The van der Waals surface area contributed by atoms with Gasteiger partial charge in [-0.25, -0.2) is 0 Å². The molecule has 104 valence electrons. The minimum absolute atomic E-state index is 0.0192. The summed E-state index contributed by atoms with van der Waals surface area (Å²) in [6, 6.07) is 5.94. The van der Waals surface area contributed by atoms with Crippen molar-refractivity contribution in [3.05, 3.63) is 39.9 Å². The molecule has 2 aromatic rings. The summed E-state index contributed by atoms with van der Waals surface area (Å²) >= 11 is 1.18. The van der Waals surface area contributed by atoms with Crippen LogP contribution in [0.3, 0.4) is 0 Å². The molecule has 0 spiro atoms. The Balaban J connectivity index is 1.87. The quantitative estimate of drug-likeness (QED) is 0.856. The molecular formula is C14H16N4OS. The van der Waals surface area contributed by atoms with Gasteiger partial charge in [0.25, 0.3) is 5.91 Å². The molecule has 20 heavy (non-hydrogen) atoms. The number of aryl methyl sites for hydroxylation is 1. The fraction of sp³-hybridized carbons (Fsp3) is 0.357. The molecule has 0 saturated carbocycles. The number of carbonyl (C=O) groups is 1. The maximum atomic E-state index is 12.6. The molecule has 1 aliphatic heterocycles. The summed E-state index contributed by atoms with van der Waals surface area (Å²) in [5.74, 6) is 0.0192. The second kappa shape index (κ2) is 5.20. The van der Waals surface area contributed by atoms with Crippen LogP contribution in [0.5, 0.6) is 0 Å². The van der Waals surface area contributed by atoms with Crippen LogP contribution in [0.4, 0.5) is 5.69 Å². The molecule has 0 bridgehead atoms. The largest absolute Gasteiger partial charge is 0.398 e. The summed E-state index contributed by atoms with van der Waals surface area (Å²) in [6.45, 7) is 3.27. The van der Waals surface area contributed by atoms with Crippen molar-refractivity contribution < 1.29 is 4.79 Å². The van der Waals surface area contributed by atoms with E-state index in [1.54, 1.807) is 0 Å². The second-order valence-corrected chi connectivity index (χ2v) is 5.62. The lowest BCUT2D eigenvalue weighted by atomic mass is 9.98. The molecule has 5 nitrogen and oxygen atoms in total. The number of aromatic nitrogens is 2. The molecule has 2 N–H and O–H groups in total. The Bertz CT molecular complexity index is 652. The molecule has 0 unspecified atom stereocenters. The number of nitrogens with zero attached hydrogens (tertiary/aromatic N) is 3. The maximum absolute atomic E-state index is 12.6. The van der Waals surface area contributed by atoms with Crippen LogP contribution in [0.2, 0.25) is 0 Å². The summed E-state index contributed by atoms with van der Waals surface area (Å²) in [6.07, 6.45) is 1.57. The zero-order valence-corrected chi connectivity index (χ0v) is 12.1. The van der Waals surface area contributed by atoms with Gasteiger partial charge in [-0.3, -0.25) is 4.79 Å². The fourth-order valence-corrected chi connectivity index (χ4v) is 3.24. The summed E-state index contributed by atoms with van der Waals surface area (Å²) in [7, 11) is 0. The second-order valence-electron chi connectivity index (χ2n) is 4.86. The number of anilines is 1. The van der Waals surface area contributed by atoms with Gasteiger partial charge in [-0.15, -0.1) is 5.10 Å². The lowest BCUT2D eigenvalue weighted by Crippen LogP contribution is -2.36. The average molecular weight is 288 g/mol. The van der Waals surface area contributed by atoms with Gasteiger partial charge in [0, 0.05) is 18.8 Å². The van der Waals surface area contributed by atoms with Crippen LogP contribution in [-0.4, -0.2) is 26.9 Å². The summed E-state index contributed by atoms with van der Waals surface area (Å²) in [5.41, 5.74) is 9.88. The van der Waals surface area contributed by atoms with E-state index in [1.165, 1.54) is 17.1 Å². The predicted octanol–water partition coefficient (Wildman–Crippen LogP) is 1.88. The van der Waals surface area contributed by atoms with Gasteiger partial charge in [-0.2, -0.15) is 0 Å². The Morgan fingerprint density at radius 2 is 2.35 bits per heavy atom. The third-order valence-corrected chi connectivity index (χ3v) is 4.44. The van der Waals surface area contributed by atoms with Crippen LogP contribution in [-0.2, 0) is 19.4 Å². The van der Waals surface area contributed by atoms with E-state index in [2.05, 4.69) is 15.7 Å². The van der Waals surface area contributed by atoms with Crippen LogP contribution in [0, 0.1) is 0 Å². The van der Waals surface area contributed by atoms with Crippen molar-refractivity contribution in [1.82, 2.24) is 14.5 Å². The highest BCUT2D eigenvalue weighted by Gasteiger charge is 2.26. The molecule has 2 heterocycles. The molecule has 1 aliphatic rings. The third-order valence-electron chi connectivity index (χ3n) is 3.68. The summed E-state index contributed by atoms with van der Waals surface area (Å²) < 4.78 is 3.89. The Hall–Kier alpha value is -1.95. The molecule has 1 aromatic heterocycles. The van der Waals surface area contributed by atoms with Crippen molar-refractivity contribution in [2.45, 2.75) is 26.3 Å². The number of rotatable bonds is 2. The molecule has 6 heteroatoms. The van der Waals surface area contributed by atoms with E-state index in [4.69, 9.17) is 5.73 Å². The van der Waals surface area contributed by atoms with E-state index in [9.17, 15) is 4.79 Å². The summed E-state index contributed by atoms with van der Waals surface area (Å²) in [4.78, 5) is 15.1. The Morgan fingerprint density at radius 3 is 3.15 bits per heavy atom. The maximum Gasteiger partial charge on any atom is 0.267 e. The first kappa shape index (κ1) is 13.1. The van der Waals surface area contributed by atoms with E-state index in [-0.39, 0.29) is 5.91 Å². The molecule has 0 saturated heterocycles. The lowest BCUT2D eigenvalue weighted by Gasteiger charge is -2.29. The first-order valence-corrected chi connectivity index (χ1v) is 7.44. The fourth-order valence-electron chi connectivity index (χ4n) is 2.53. The SMILES string of the molecule is CCc1nnsc1C(=O)N1CCc2cccc(N)c2C1. The molecule has 3 rings (SSSR count). The standard InChI is InChI=1S/C14H16N4OS/c1-2-12-13(20-17-16-12)14(19)18-7-6-9-4-3-5-11(15)10(9)8-18/h3-5H,2,6-8,15H2,1H3. The highest BCUT2D eigenvalue weighted by molar-refractivity contribution is 7.08. The zero-order valence-electron chi connectivity index (χ0n) is 11.3. The summed E-state index contributed by atoms with van der Waals surface area (Å²) in [5, 5.41) is 4.01. The highest BCUT2D eigenvalue weighted by atomic mass is 32.1. The van der Waals surface area contributed by atoms with Crippen molar-refractivity contribution in [3.8, 4) is 0 Å². The van der Waals surface area contributed by atoms with Crippen molar-refractivity contribution in [2.24, 2.45) is 0 Å². The first-order valence-electron chi connectivity index (χ1n) is 6.67. The average Bonchev–Trinajstić information content (AvgIpc) is 2.95. The molecule has 1 amide bonds. The molecule has 0 aliphatic carbocycles. The minimum Gasteiger partial charge on any atom is -0.398 e. The Morgan fingerprint density at radius 1 is 1.50 bits per heavy atom. The Labute approximate surface area is 121 Å². The Kier molecular flexibility index (Phi) is 3.40. The van der Waals surface area contributed by atoms with E-state index >= 15 is 0 Å². The van der Waals surface area contributed by atoms with Gasteiger partial charge in [0.1, 0.15) is 4.88 Å². The predicted molar refractivity (Wildman–Crippen MR) is 78.6 cm³/mol. The van der Waals surface area contributed by atoms with Crippen LogP contribution >= 0.6 is 11.5 Å². The van der Waals surface area contributed by atoms with Crippen molar-refractivity contribution in [2.75, 3.05) is 12.3 Å². The molecule has 0 radical (unpaired) electrons. The van der Waals surface area contributed by atoms with Crippen molar-refractivity contribution in [3.63, 3.8) is 0 Å². The molecule has 0 atom stereocenters. The van der Waals surface area contributed by atoms with Gasteiger partial charge in [0.05, 0.1) is 5.69 Å². The smallest absolute Gasteiger partial charge is 0.267 e. The first-order chi connectivity index (χ1) is 9.70. The zero-order chi connectivity index (χ0) is 14.1. The van der Waals surface area contributed by atoms with Gasteiger partial charge in [0.15, 0.2) is 0 Å². The monoisotopic (exact) mass is 288 g/mol. The number of nitrogen functional groups attached to an aromatic ring is 1. The van der Waals surface area contributed by atoms with Gasteiger partial charge in [0.2, 0.25) is 0 Å². The normalized spacial score (nSPS) is 14.2. The number of carbonyl (C=O) groups excluding carboxylic acids is 1. The highest BCUT2D eigenvalue weighted by Crippen LogP contribution is 2.26. The molecular weight excluding hydrogens is 272 g/mol. The van der Waals surface area contributed by atoms with E-state index in [0.29, 0.717) is 11.4 Å². The van der Waals surface area contributed by atoms with E-state index in [0.717, 1.165) is 36.3 Å². The van der Waals surface area contributed by atoms with Gasteiger partial charge >= 0.3 is 0 Å². The van der Waals surface area contributed by atoms with Gasteiger partial charge in [-0.1, -0.05) is 23.5 Å². The number of fused-ring (bicyclic) bond motifs is 1. The number of nitrogens with two attached hydrogens (primary N) is 1. The number of hydrogen-bond donors (Lipinski definition) is 1. The minimum atomic E-state index is 0.0192. The third kappa shape index (κ3) is 2.16. The number of hydrogen-bond acceptors (Lipinski definition) is 5.